The first-order chi connectivity index (χ1) is 6.52. The molecule has 3 nitrogen and oxygen atoms in total. The Bertz CT molecular complexity index is 208. The topological polar surface area (TPSA) is 46.3 Å². The molecule has 1 heterocycles. The van der Waals surface area contributed by atoms with Gasteiger partial charge in [0.25, 0.3) is 0 Å². The molecule has 1 rings (SSSR count). The fourth-order valence-corrected chi connectivity index (χ4v) is 2.53. The van der Waals surface area contributed by atoms with Crippen molar-refractivity contribution in [3.05, 3.63) is 0 Å². The Labute approximate surface area is 90.4 Å². The molecule has 1 fully saturated rings. The van der Waals surface area contributed by atoms with Crippen LogP contribution in [-0.4, -0.2) is 40.9 Å². The lowest BCUT2D eigenvalue weighted by Gasteiger charge is -2.33. The molecule has 1 amide bonds. The average Bonchev–Trinajstić information content (AvgIpc) is 2.15. The smallest absolute Gasteiger partial charge is 0.239 e. The SMILES string of the molecule is CC1CN(C(=O)[C@@H](N)C(C)C)CCS1. The summed E-state index contributed by atoms with van der Waals surface area (Å²) in [5.74, 6) is 1.39. The van der Waals surface area contributed by atoms with Gasteiger partial charge in [0.2, 0.25) is 5.91 Å². The number of carbonyl (C=O) groups excluding carboxylic acids is 1. The standard InChI is InChI=1S/C10H20N2OS/c1-7(2)9(11)10(13)12-4-5-14-8(3)6-12/h7-9H,4-6,11H2,1-3H3/t8?,9-/m0/s1. The predicted molar refractivity (Wildman–Crippen MR) is 61.3 cm³/mol. The third-order valence-electron chi connectivity index (χ3n) is 2.56. The van der Waals surface area contributed by atoms with Crippen LogP contribution in [0.4, 0.5) is 0 Å². The maximum Gasteiger partial charge on any atom is 0.239 e. The first kappa shape index (κ1) is 11.9. The fourth-order valence-electron chi connectivity index (χ4n) is 1.51. The Kier molecular flexibility index (Phi) is 4.26. The van der Waals surface area contributed by atoms with Gasteiger partial charge in [0.1, 0.15) is 0 Å². The number of carbonyl (C=O) groups is 1. The Morgan fingerprint density at radius 3 is 2.71 bits per heavy atom. The summed E-state index contributed by atoms with van der Waals surface area (Å²) in [6.07, 6.45) is 0. The molecular formula is C10H20N2OS. The van der Waals surface area contributed by atoms with Crippen molar-refractivity contribution in [2.24, 2.45) is 11.7 Å². The summed E-state index contributed by atoms with van der Waals surface area (Å²) in [4.78, 5) is 13.8. The predicted octanol–water partition coefficient (Wildman–Crippen LogP) is 0.934. The van der Waals surface area contributed by atoms with Crippen molar-refractivity contribution in [1.82, 2.24) is 4.90 Å². The van der Waals surface area contributed by atoms with Crippen molar-refractivity contribution in [3.63, 3.8) is 0 Å². The third-order valence-corrected chi connectivity index (χ3v) is 3.69. The first-order valence-electron chi connectivity index (χ1n) is 5.18. The Morgan fingerprint density at radius 1 is 1.57 bits per heavy atom. The van der Waals surface area contributed by atoms with Gasteiger partial charge in [-0.2, -0.15) is 11.8 Å². The lowest BCUT2D eigenvalue weighted by atomic mass is 10.0. The monoisotopic (exact) mass is 216 g/mol. The van der Waals surface area contributed by atoms with Crippen molar-refractivity contribution in [1.29, 1.82) is 0 Å². The highest BCUT2D eigenvalue weighted by Gasteiger charge is 2.26. The first-order valence-corrected chi connectivity index (χ1v) is 6.23. The summed E-state index contributed by atoms with van der Waals surface area (Å²) in [6.45, 7) is 7.85. The van der Waals surface area contributed by atoms with Gasteiger partial charge in [0.05, 0.1) is 6.04 Å². The van der Waals surface area contributed by atoms with E-state index < -0.39 is 0 Å². The molecule has 0 aliphatic carbocycles. The van der Waals surface area contributed by atoms with Crippen LogP contribution in [0.2, 0.25) is 0 Å². The van der Waals surface area contributed by atoms with Crippen LogP contribution in [0.15, 0.2) is 0 Å². The number of hydrogen-bond donors (Lipinski definition) is 1. The molecule has 14 heavy (non-hydrogen) atoms. The summed E-state index contributed by atoms with van der Waals surface area (Å²) in [5.41, 5.74) is 5.84. The number of hydrogen-bond acceptors (Lipinski definition) is 3. The minimum atomic E-state index is -0.328. The molecule has 1 aliphatic heterocycles. The Morgan fingerprint density at radius 2 is 2.21 bits per heavy atom. The zero-order chi connectivity index (χ0) is 10.7. The molecule has 0 radical (unpaired) electrons. The summed E-state index contributed by atoms with van der Waals surface area (Å²) < 4.78 is 0. The molecule has 4 heteroatoms. The van der Waals surface area contributed by atoms with E-state index in [2.05, 4.69) is 6.92 Å². The molecule has 0 aromatic heterocycles. The molecule has 0 bridgehead atoms. The van der Waals surface area contributed by atoms with E-state index in [4.69, 9.17) is 5.73 Å². The van der Waals surface area contributed by atoms with Gasteiger partial charge in [-0.25, -0.2) is 0 Å². The van der Waals surface area contributed by atoms with E-state index in [1.807, 2.05) is 30.5 Å². The molecule has 1 unspecified atom stereocenters. The molecule has 1 saturated heterocycles. The Balaban J connectivity index is 2.51. The summed E-state index contributed by atoms with van der Waals surface area (Å²) in [6, 6.07) is -0.328. The quantitative estimate of drug-likeness (QED) is 0.747. The average molecular weight is 216 g/mol. The molecule has 0 saturated carbocycles. The van der Waals surface area contributed by atoms with Crippen molar-refractivity contribution in [2.75, 3.05) is 18.8 Å². The second-order valence-corrected chi connectivity index (χ2v) is 5.78. The molecule has 0 aromatic carbocycles. The number of amides is 1. The minimum absolute atomic E-state index is 0.118. The van der Waals surface area contributed by atoms with E-state index >= 15 is 0 Å². The molecule has 82 valence electrons. The van der Waals surface area contributed by atoms with Crippen molar-refractivity contribution in [2.45, 2.75) is 32.1 Å². The van der Waals surface area contributed by atoms with E-state index in [9.17, 15) is 4.79 Å². The number of rotatable bonds is 2. The van der Waals surface area contributed by atoms with Gasteiger partial charge in [-0.3, -0.25) is 4.79 Å². The lowest BCUT2D eigenvalue weighted by Crippen LogP contribution is -2.50. The highest BCUT2D eigenvalue weighted by Crippen LogP contribution is 2.18. The second-order valence-electron chi connectivity index (χ2n) is 4.24. The molecular weight excluding hydrogens is 196 g/mol. The highest BCUT2D eigenvalue weighted by atomic mass is 32.2. The van der Waals surface area contributed by atoms with Gasteiger partial charge in [0, 0.05) is 24.1 Å². The van der Waals surface area contributed by atoms with Gasteiger partial charge in [-0.15, -0.1) is 0 Å². The number of nitrogens with zero attached hydrogens (tertiary/aromatic N) is 1. The van der Waals surface area contributed by atoms with Gasteiger partial charge in [-0.05, 0) is 5.92 Å². The molecule has 2 atom stereocenters. The van der Waals surface area contributed by atoms with Crippen molar-refractivity contribution < 1.29 is 4.79 Å². The van der Waals surface area contributed by atoms with Crippen LogP contribution in [-0.2, 0) is 4.79 Å². The van der Waals surface area contributed by atoms with E-state index in [0.29, 0.717) is 5.25 Å². The summed E-state index contributed by atoms with van der Waals surface area (Å²) >= 11 is 1.92. The lowest BCUT2D eigenvalue weighted by molar-refractivity contribution is -0.133. The van der Waals surface area contributed by atoms with E-state index in [-0.39, 0.29) is 17.9 Å². The number of nitrogens with two attached hydrogens (primary N) is 1. The van der Waals surface area contributed by atoms with Crippen LogP contribution in [0.1, 0.15) is 20.8 Å². The van der Waals surface area contributed by atoms with Gasteiger partial charge < -0.3 is 10.6 Å². The van der Waals surface area contributed by atoms with Gasteiger partial charge in [0.15, 0.2) is 0 Å². The molecule has 1 aliphatic rings. The van der Waals surface area contributed by atoms with Crippen LogP contribution in [0, 0.1) is 5.92 Å². The largest absolute Gasteiger partial charge is 0.339 e. The van der Waals surface area contributed by atoms with Crippen LogP contribution in [0.5, 0.6) is 0 Å². The van der Waals surface area contributed by atoms with E-state index in [0.717, 1.165) is 18.8 Å². The van der Waals surface area contributed by atoms with Crippen molar-refractivity contribution >= 4 is 17.7 Å². The fraction of sp³-hybridized carbons (Fsp3) is 0.900. The van der Waals surface area contributed by atoms with Crippen LogP contribution >= 0.6 is 11.8 Å². The summed E-state index contributed by atoms with van der Waals surface area (Å²) in [5, 5.41) is 0.548. The zero-order valence-corrected chi connectivity index (χ0v) is 10.0. The second kappa shape index (κ2) is 5.03. The number of thioether (sulfide) groups is 1. The van der Waals surface area contributed by atoms with E-state index in [1.165, 1.54) is 0 Å². The minimum Gasteiger partial charge on any atom is -0.339 e. The molecule has 0 aromatic rings. The summed E-state index contributed by atoms with van der Waals surface area (Å²) in [7, 11) is 0. The van der Waals surface area contributed by atoms with Crippen LogP contribution in [0.25, 0.3) is 0 Å². The van der Waals surface area contributed by atoms with Gasteiger partial charge >= 0.3 is 0 Å². The Hall–Kier alpha value is -0.220. The maximum absolute atomic E-state index is 11.9. The normalized spacial score (nSPS) is 25.2. The highest BCUT2D eigenvalue weighted by molar-refractivity contribution is 7.99. The molecule has 0 spiro atoms. The van der Waals surface area contributed by atoms with Crippen LogP contribution < -0.4 is 5.73 Å². The molecule has 2 N–H and O–H groups in total. The van der Waals surface area contributed by atoms with Crippen LogP contribution in [0.3, 0.4) is 0 Å². The maximum atomic E-state index is 11.9. The van der Waals surface area contributed by atoms with E-state index in [1.54, 1.807) is 0 Å². The van der Waals surface area contributed by atoms with Gasteiger partial charge in [-0.1, -0.05) is 20.8 Å². The van der Waals surface area contributed by atoms with Crippen molar-refractivity contribution in [3.8, 4) is 0 Å². The zero-order valence-electron chi connectivity index (χ0n) is 9.19. The third kappa shape index (κ3) is 2.89.